The highest BCUT2D eigenvalue weighted by Crippen LogP contribution is 2.36. The van der Waals surface area contributed by atoms with E-state index in [4.69, 9.17) is 0 Å². The molecule has 1 aliphatic heterocycles. The zero-order valence-electron chi connectivity index (χ0n) is 19.6. The van der Waals surface area contributed by atoms with Crippen LogP contribution >= 0.6 is 0 Å². The van der Waals surface area contributed by atoms with E-state index in [2.05, 4.69) is 32.5 Å². The molecule has 10 heteroatoms. The van der Waals surface area contributed by atoms with Crippen LogP contribution in [-0.2, 0) is 10.0 Å². The van der Waals surface area contributed by atoms with Crippen LogP contribution < -0.4 is 10.6 Å². The molecule has 0 unspecified atom stereocenters. The maximum atomic E-state index is 13.5. The van der Waals surface area contributed by atoms with Gasteiger partial charge in [-0.3, -0.25) is 0 Å². The van der Waals surface area contributed by atoms with Crippen LogP contribution in [0, 0.1) is 5.82 Å². The minimum atomic E-state index is -3.57. The fourth-order valence-corrected chi connectivity index (χ4v) is 6.33. The van der Waals surface area contributed by atoms with Crippen molar-refractivity contribution < 1.29 is 12.8 Å². The van der Waals surface area contributed by atoms with Gasteiger partial charge in [0.1, 0.15) is 11.6 Å². The highest BCUT2D eigenvalue weighted by molar-refractivity contribution is 7.89. The summed E-state index contributed by atoms with van der Waals surface area (Å²) < 4.78 is 42.0. The Morgan fingerprint density at radius 1 is 0.886 bits per heavy atom. The molecule has 2 aromatic carbocycles. The summed E-state index contributed by atoms with van der Waals surface area (Å²) in [4.78, 5) is 11.2. The van der Waals surface area contributed by atoms with E-state index >= 15 is 0 Å². The molecule has 0 atom stereocenters. The van der Waals surface area contributed by atoms with E-state index in [0.717, 1.165) is 38.8 Å². The predicted octanol–water partition coefficient (Wildman–Crippen LogP) is 4.35. The van der Waals surface area contributed by atoms with Crippen molar-refractivity contribution in [1.29, 1.82) is 0 Å². The number of nitrogens with one attached hydrogen (secondary N) is 2. The average molecular weight is 497 g/mol. The summed E-state index contributed by atoms with van der Waals surface area (Å²) in [5.74, 6) is 0.600. The van der Waals surface area contributed by atoms with Crippen molar-refractivity contribution in [3.8, 4) is 0 Å². The second kappa shape index (κ2) is 9.88. The lowest BCUT2D eigenvalue weighted by atomic mass is 10.1. The number of hydrogen-bond acceptors (Lipinski definition) is 7. The Hall–Kier alpha value is -3.08. The van der Waals surface area contributed by atoms with Gasteiger partial charge in [0, 0.05) is 29.7 Å². The van der Waals surface area contributed by atoms with Crippen molar-refractivity contribution in [3.05, 3.63) is 66.6 Å². The van der Waals surface area contributed by atoms with Gasteiger partial charge in [-0.25, -0.2) is 17.8 Å². The van der Waals surface area contributed by atoms with Crippen LogP contribution in [0.4, 0.5) is 27.5 Å². The first-order chi connectivity index (χ1) is 16.9. The Balaban J connectivity index is 1.28. The first-order valence-corrected chi connectivity index (χ1v) is 13.3. The van der Waals surface area contributed by atoms with Gasteiger partial charge < -0.3 is 15.5 Å². The van der Waals surface area contributed by atoms with E-state index in [1.54, 1.807) is 53.0 Å². The van der Waals surface area contributed by atoms with Gasteiger partial charge >= 0.3 is 0 Å². The van der Waals surface area contributed by atoms with Gasteiger partial charge in [-0.15, -0.1) is 0 Å². The number of piperidine rings is 1. The second-order valence-electron chi connectivity index (χ2n) is 9.15. The number of sulfonamides is 1. The topological polar surface area (TPSA) is 90.5 Å². The lowest BCUT2D eigenvalue weighted by Gasteiger charge is -2.36. The Bertz CT molecular complexity index is 1260. The summed E-state index contributed by atoms with van der Waals surface area (Å²) in [7, 11) is -1.49. The number of nitrogens with zero attached hydrogens (tertiary/aromatic N) is 4. The number of hydrogen-bond donors (Lipinski definition) is 2. The molecule has 3 aromatic rings. The average Bonchev–Trinajstić information content (AvgIpc) is 3.67. The smallest absolute Gasteiger partial charge is 0.243 e. The van der Waals surface area contributed by atoms with Gasteiger partial charge in [-0.05, 0) is 100 Å². The Morgan fingerprint density at radius 3 is 2.14 bits per heavy atom. The summed E-state index contributed by atoms with van der Waals surface area (Å²) in [5, 5.41) is 6.22. The maximum Gasteiger partial charge on any atom is 0.243 e. The third-order valence-electron chi connectivity index (χ3n) is 6.41. The van der Waals surface area contributed by atoms with Gasteiger partial charge in [0.25, 0.3) is 0 Å². The molecule has 0 spiro atoms. The predicted molar refractivity (Wildman–Crippen MR) is 134 cm³/mol. The quantitative estimate of drug-likeness (QED) is 0.479. The van der Waals surface area contributed by atoms with Crippen molar-refractivity contribution in [3.63, 3.8) is 0 Å². The zero-order valence-corrected chi connectivity index (χ0v) is 20.4. The molecular formula is C25H29FN6O2S. The van der Waals surface area contributed by atoms with Crippen molar-refractivity contribution in [2.75, 3.05) is 30.8 Å². The molecule has 0 radical (unpaired) electrons. The Kier molecular flexibility index (Phi) is 6.68. The van der Waals surface area contributed by atoms with Gasteiger partial charge in [0.05, 0.1) is 4.90 Å². The summed E-state index contributed by atoms with van der Waals surface area (Å²) in [5.41, 5.74) is 1.38. The molecule has 184 valence electrons. The van der Waals surface area contributed by atoms with E-state index in [9.17, 15) is 12.8 Å². The lowest BCUT2D eigenvalue weighted by Crippen LogP contribution is -2.47. The standard InChI is InChI=1S/C25H29FN6O2S/c1-31-16-13-22(14-17-31)32(21-8-9-21)35(33,34)23-10-6-20(7-11-23)29-25-27-15-12-24(30-25)28-19-4-2-18(26)3-5-19/h2-7,10-12,15,21-22H,8-9,13-14,16-17H2,1H3,(H2,27,28,29,30). The number of aromatic nitrogens is 2. The maximum absolute atomic E-state index is 13.5. The minimum Gasteiger partial charge on any atom is -0.340 e. The van der Waals surface area contributed by atoms with E-state index in [1.807, 2.05) is 0 Å². The van der Waals surface area contributed by atoms with Gasteiger partial charge in [-0.2, -0.15) is 9.29 Å². The van der Waals surface area contributed by atoms with Gasteiger partial charge in [0.2, 0.25) is 16.0 Å². The lowest BCUT2D eigenvalue weighted by molar-refractivity contribution is 0.178. The summed E-state index contributed by atoms with van der Waals surface area (Å²) in [6, 6.07) is 14.6. The third-order valence-corrected chi connectivity index (χ3v) is 8.43. The van der Waals surface area contributed by atoms with Crippen LogP contribution in [0.5, 0.6) is 0 Å². The molecule has 1 saturated carbocycles. The number of anilines is 4. The second-order valence-corrected chi connectivity index (χ2v) is 11.0. The molecule has 2 heterocycles. The first-order valence-electron chi connectivity index (χ1n) is 11.8. The van der Waals surface area contributed by atoms with E-state index in [-0.39, 0.29) is 17.9 Å². The monoisotopic (exact) mass is 496 g/mol. The van der Waals surface area contributed by atoms with Gasteiger partial charge in [0.15, 0.2) is 0 Å². The van der Waals surface area contributed by atoms with E-state index in [0.29, 0.717) is 28.0 Å². The summed E-state index contributed by atoms with van der Waals surface area (Å²) in [6.45, 7) is 1.84. The third kappa shape index (κ3) is 5.61. The van der Waals surface area contributed by atoms with Crippen LogP contribution in [0.3, 0.4) is 0 Å². The molecule has 35 heavy (non-hydrogen) atoms. The van der Waals surface area contributed by atoms with Crippen LogP contribution in [0.2, 0.25) is 0 Å². The van der Waals surface area contributed by atoms with Crippen molar-refractivity contribution in [2.24, 2.45) is 0 Å². The Morgan fingerprint density at radius 2 is 1.49 bits per heavy atom. The molecule has 2 fully saturated rings. The molecule has 8 nitrogen and oxygen atoms in total. The van der Waals surface area contributed by atoms with Crippen molar-refractivity contribution in [1.82, 2.24) is 19.2 Å². The normalized spacial score (nSPS) is 17.5. The molecule has 5 rings (SSSR count). The van der Waals surface area contributed by atoms with Crippen LogP contribution in [0.1, 0.15) is 25.7 Å². The fourth-order valence-electron chi connectivity index (χ4n) is 4.40. The van der Waals surface area contributed by atoms with Crippen LogP contribution in [-0.4, -0.2) is 59.8 Å². The highest BCUT2D eigenvalue weighted by Gasteiger charge is 2.43. The number of rotatable bonds is 8. The summed E-state index contributed by atoms with van der Waals surface area (Å²) >= 11 is 0. The largest absolute Gasteiger partial charge is 0.340 e. The van der Waals surface area contributed by atoms with Crippen molar-refractivity contribution in [2.45, 2.75) is 42.7 Å². The molecule has 2 aliphatic rings. The van der Waals surface area contributed by atoms with E-state index in [1.165, 1.54) is 12.1 Å². The minimum absolute atomic E-state index is 0.0613. The van der Waals surface area contributed by atoms with E-state index < -0.39 is 10.0 Å². The van der Waals surface area contributed by atoms with Gasteiger partial charge in [-0.1, -0.05) is 0 Å². The molecule has 1 aromatic heterocycles. The zero-order chi connectivity index (χ0) is 24.4. The molecule has 1 aliphatic carbocycles. The number of halogens is 1. The molecule has 1 saturated heterocycles. The SMILES string of the molecule is CN1CCC(N(C2CC2)S(=O)(=O)c2ccc(Nc3nccc(Nc4ccc(F)cc4)n3)cc2)CC1. The summed E-state index contributed by atoms with van der Waals surface area (Å²) in [6.07, 6.45) is 5.21. The molecule has 0 bridgehead atoms. The van der Waals surface area contributed by atoms with Crippen LogP contribution in [0.15, 0.2) is 65.7 Å². The highest BCUT2D eigenvalue weighted by atomic mass is 32.2. The number of benzene rings is 2. The molecule has 2 N–H and O–H groups in total. The molecule has 0 amide bonds. The van der Waals surface area contributed by atoms with Crippen LogP contribution in [0.25, 0.3) is 0 Å². The molecular weight excluding hydrogens is 467 g/mol. The first kappa shape index (κ1) is 23.7. The Labute approximate surface area is 205 Å². The number of likely N-dealkylation sites (tertiary alicyclic amines) is 1. The van der Waals surface area contributed by atoms with Crippen molar-refractivity contribution >= 4 is 33.2 Å². The fraction of sp³-hybridized carbons (Fsp3) is 0.360.